The number of nitrogens with zero attached hydrogens (tertiary/aromatic N) is 2. The number of rotatable bonds is 2. The van der Waals surface area contributed by atoms with Crippen molar-refractivity contribution in [1.82, 2.24) is 9.80 Å². The van der Waals surface area contributed by atoms with Crippen LogP contribution < -0.4 is 0 Å². The maximum absolute atomic E-state index is 13.0. The molecule has 2 saturated heterocycles. The predicted octanol–water partition coefficient (Wildman–Crippen LogP) is 0.287. The molecule has 2 aliphatic heterocycles. The molecule has 7 atom stereocenters. The Morgan fingerprint density at radius 2 is 1.62 bits per heavy atom. The van der Waals surface area contributed by atoms with Gasteiger partial charge in [-0.25, -0.2) is 0 Å². The van der Waals surface area contributed by atoms with Crippen molar-refractivity contribution in [2.75, 3.05) is 26.3 Å². The van der Waals surface area contributed by atoms with Gasteiger partial charge in [0.15, 0.2) is 0 Å². The number of imide groups is 1. The van der Waals surface area contributed by atoms with Crippen molar-refractivity contribution < 1.29 is 19.1 Å². The molecule has 128 valence electrons. The lowest BCUT2D eigenvalue weighted by molar-refractivity contribution is -0.152. The number of allylic oxidation sites excluding steroid dienone is 2. The van der Waals surface area contributed by atoms with Gasteiger partial charge in [-0.1, -0.05) is 12.2 Å². The van der Waals surface area contributed by atoms with Crippen molar-refractivity contribution >= 4 is 17.7 Å². The summed E-state index contributed by atoms with van der Waals surface area (Å²) in [6, 6.07) is -0.704. The van der Waals surface area contributed by atoms with E-state index in [1.54, 1.807) is 11.8 Å². The second-order valence-corrected chi connectivity index (χ2v) is 7.81. The number of ether oxygens (including phenoxy) is 1. The molecule has 0 N–H and O–H groups in total. The molecule has 6 heteroatoms. The van der Waals surface area contributed by atoms with Gasteiger partial charge < -0.3 is 9.64 Å². The van der Waals surface area contributed by atoms with Crippen LogP contribution in [0.5, 0.6) is 0 Å². The van der Waals surface area contributed by atoms with Gasteiger partial charge in [0, 0.05) is 13.1 Å². The van der Waals surface area contributed by atoms with E-state index in [1.807, 2.05) is 0 Å². The molecule has 6 rings (SSSR count). The average molecular weight is 330 g/mol. The number of likely N-dealkylation sites (tertiary alicyclic amines) is 1. The highest BCUT2D eigenvalue weighted by Crippen LogP contribution is 2.65. The molecule has 0 aromatic carbocycles. The molecule has 4 fully saturated rings. The lowest BCUT2D eigenvalue weighted by atomic mass is 9.63. The minimum atomic E-state index is -0.704. The summed E-state index contributed by atoms with van der Waals surface area (Å²) in [6.45, 7) is 3.79. The van der Waals surface area contributed by atoms with Gasteiger partial charge in [-0.15, -0.1) is 0 Å². The van der Waals surface area contributed by atoms with E-state index < -0.39 is 6.04 Å². The summed E-state index contributed by atoms with van der Waals surface area (Å²) >= 11 is 0. The monoisotopic (exact) mass is 330 g/mol. The molecule has 2 bridgehead atoms. The van der Waals surface area contributed by atoms with Gasteiger partial charge in [0.1, 0.15) is 6.04 Å². The Hall–Kier alpha value is -1.69. The van der Waals surface area contributed by atoms with E-state index in [4.69, 9.17) is 4.74 Å². The summed E-state index contributed by atoms with van der Waals surface area (Å²) < 4.78 is 5.28. The molecule has 0 radical (unpaired) electrons. The first kappa shape index (κ1) is 14.6. The first-order valence-corrected chi connectivity index (χ1v) is 9.01. The Labute approximate surface area is 140 Å². The molecule has 6 aliphatic rings. The van der Waals surface area contributed by atoms with E-state index in [9.17, 15) is 14.4 Å². The zero-order valence-corrected chi connectivity index (χ0v) is 13.8. The first-order valence-electron chi connectivity index (χ1n) is 9.01. The van der Waals surface area contributed by atoms with Crippen molar-refractivity contribution in [2.45, 2.75) is 19.4 Å². The van der Waals surface area contributed by atoms with Crippen LogP contribution in [0.4, 0.5) is 0 Å². The SMILES string of the molecule is C[C@H](C(=O)N1CCOCC1)N1C(=O)[C@@H]2[C@@H]3C=C[C@H]([C@H]4C[C@H]34)[C@@H]2C1=O. The average Bonchev–Trinajstić information content (AvgIpc) is 3.39. The molecule has 0 aromatic heterocycles. The highest BCUT2D eigenvalue weighted by Gasteiger charge is 2.67. The quantitative estimate of drug-likeness (QED) is 0.539. The van der Waals surface area contributed by atoms with Crippen LogP contribution >= 0.6 is 0 Å². The minimum Gasteiger partial charge on any atom is -0.378 e. The Balaban J connectivity index is 1.40. The lowest BCUT2D eigenvalue weighted by Gasteiger charge is -2.37. The zero-order valence-electron chi connectivity index (χ0n) is 13.8. The molecule has 0 spiro atoms. The number of carbonyl (C=O) groups is 3. The van der Waals surface area contributed by atoms with Gasteiger partial charge in [0.05, 0.1) is 25.0 Å². The Kier molecular flexibility index (Phi) is 2.99. The number of hydrogen-bond donors (Lipinski definition) is 0. The number of amides is 3. The fraction of sp³-hybridized carbons (Fsp3) is 0.722. The van der Waals surface area contributed by atoms with Crippen LogP contribution in [0.25, 0.3) is 0 Å². The van der Waals surface area contributed by atoms with Crippen molar-refractivity contribution in [3.8, 4) is 0 Å². The smallest absolute Gasteiger partial charge is 0.245 e. The highest BCUT2D eigenvalue weighted by atomic mass is 16.5. The summed E-state index contributed by atoms with van der Waals surface area (Å²) in [5, 5.41) is 0. The van der Waals surface area contributed by atoms with Crippen LogP contribution in [-0.4, -0.2) is 59.9 Å². The van der Waals surface area contributed by atoms with Gasteiger partial charge in [0.2, 0.25) is 17.7 Å². The molecule has 0 aromatic rings. The molecule has 3 amide bonds. The Morgan fingerprint density at radius 3 is 2.17 bits per heavy atom. The molecule has 2 saturated carbocycles. The van der Waals surface area contributed by atoms with Gasteiger partial charge in [-0.3, -0.25) is 19.3 Å². The third-order valence-electron chi connectivity index (χ3n) is 6.76. The summed E-state index contributed by atoms with van der Waals surface area (Å²) in [5.41, 5.74) is 0. The summed E-state index contributed by atoms with van der Waals surface area (Å²) in [5.74, 6) is 0.754. The minimum absolute atomic E-state index is 0.121. The van der Waals surface area contributed by atoms with E-state index >= 15 is 0 Å². The maximum Gasteiger partial charge on any atom is 0.245 e. The van der Waals surface area contributed by atoms with Crippen LogP contribution in [0.15, 0.2) is 12.2 Å². The first-order chi connectivity index (χ1) is 11.6. The second-order valence-electron chi connectivity index (χ2n) is 7.81. The summed E-state index contributed by atoms with van der Waals surface area (Å²) in [6.07, 6.45) is 5.46. The molecule has 2 heterocycles. The Bertz CT molecular complexity index is 617. The van der Waals surface area contributed by atoms with Gasteiger partial charge in [-0.05, 0) is 37.0 Å². The molecule has 6 nitrogen and oxygen atoms in total. The molecular formula is C18H22N2O4. The summed E-state index contributed by atoms with van der Waals surface area (Å²) in [7, 11) is 0. The topological polar surface area (TPSA) is 66.9 Å². The van der Waals surface area contributed by atoms with Crippen molar-refractivity contribution in [3.63, 3.8) is 0 Å². The van der Waals surface area contributed by atoms with Gasteiger partial charge in [0.25, 0.3) is 0 Å². The van der Waals surface area contributed by atoms with E-state index in [-0.39, 0.29) is 41.4 Å². The summed E-state index contributed by atoms with van der Waals surface area (Å²) in [4.78, 5) is 41.8. The fourth-order valence-electron chi connectivity index (χ4n) is 5.52. The van der Waals surface area contributed by atoms with Crippen molar-refractivity contribution in [2.24, 2.45) is 35.5 Å². The van der Waals surface area contributed by atoms with Crippen molar-refractivity contribution in [3.05, 3.63) is 12.2 Å². The molecule has 0 unspecified atom stereocenters. The number of hydrogen-bond acceptors (Lipinski definition) is 4. The maximum atomic E-state index is 13.0. The predicted molar refractivity (Wildman–Crippen MR) is 83.4 cm³/mol. The third-order valence-corrected chi connectivity index (χ3v) is 6.76. The Morgan fingerprint density at radius 1 is 1.08 bits per heavy atom. The third kappa shape index (κ3) is 1.78. The van der Waals surface area contributed by atoms with Crippen LogP contribution in [-0.2, 0) is 19.1 Å². The lowest BCUT2D eigenvalue weighted by Crippen LogP contribution is -2.52. The largest absolute Gasteiger partial charge is 0.378 e. The van der Waals surface area contributed by atoms with Crippen LogP contribution in [0.2, 0.25) is 0 Å². The van der Waals surface area contributed by atoms with Crippen molar-refractivity contribution in [1.29, 1.82) is 0 Å². The highest BCUT2D eigenvalue weighted by molar-refractivity contribution is 6.09. The zero-order chi connectivity index (χ0) is 16.6. The van der Waals surface area contributed by atoms with Crippen LogP contribution in [0.3, 0.4) is 0 Å². The number of morpholine rings is 1. The normalized spacial score (nSPS) is 43.7. The van der Waals surface area contributed by atoms with E-state index in [0.717, 1.165) is 6.42 Å². The molecular weight excluding hydrogens is 308 g/mol. The van der Waals surface area contributed by atoms with Crippen LogP contribution in [0.1, 0.15) is 13.3 Å². The van der Waals surface area contributed by atoms with Crippen LogP contribution in [0, 0.1) is 35.5 Å². The van der Waals surface area contributed by atoms with E-state index in [2.05, 4.69) is 12.2 Å². The van der Waals surface area contributed by atoms with Gasteiger partial charge in [-0.2, -0.15) is 0 Å². The standard InChI is InChI=1S/C18H22N2O4/c1-9(16(21)19-4-6-24-7-5-19)20-17(22)14-10-2-3-11(13-8-12(10)13)15(14)18(20)23/h2-3,9-15H,4-8H2,1H3/t9-,10-,11-,12-,13-,14-,15+/m1/s1. The molecule has 4 aliphatic carbocycles. The molecule has 24 heavy (non-hydrogen) atoms. The fourth-order valence-corrected chi connectivity index (χ4v) is 5.52. The number of carbonyl (C=O) groups excluding carboxylic acids is 3. The second kappa shape index (κ2) is 4.91. The van der Waals surface area contributed by atoms with E-state index in [0.29, 0.717) is 38.1 Å². The van der Waals surface area contributed by atoms with E-state index in [1.165, 1.54) is 4.90 Å². The van der Waals surface area contributed by atoms with Gasteiger partial charge >= 0.3 is 0 Å².